The number of rotatable bonds is 5. The molecule has 1 aliphatic carbocycles. The maximum Gasteiger partial charge on any atom is 0.222 e. The highest BCUT2D eigenvalue weighted by atomic mass is 16.2. The van der Waals surface area contributed by atoms with Crippen LogP contribution in [0, 0.1) is 18.8 Å². The number of aryl methyl sites for hydroxylation is 1. The summed E-state index contributed by atoms with van der Waals surface area (Å²) < 4.78 is 2.43. The molecular weight excluding hydrogens is 262 g/mol. The van der Waals surface area contributed by atoms with E-state index in [1.807, 2.05) is 18.0 Å². The summed E-state index contributed by atoms with van der Waals surface area (Å²) in [5, 5.41) is 0. The van der Waals surface area contributed by atoms with Crippen LogP contribution >= 0.6 is 0 Å². The van der Waals surface area contributed by atoms with Crippen molar-refractivity contribution in [3.05, 3.63) is 17.7 Å². The first-order chi connectivity index (χ1) is 10.2. The van der Waals surface area contributed by atoms with Gasteiger partial charge in [0, 0.05) is 44.4 Å². The Labute approximate surface area is 127 Å². The number of aromatic nitrogens is 2. The molecule has 116 valence electrons. The van der Waals surface area contributed by atoms with Gasteiger partial charge in [-0.15, -0.1) is 0 Å². The lowest BCUT2D eigenvalue weighted by Gasteiger charge is -2.31. The van der Waals surface area contributed by atoms with Crippen molar-refractivity contribution in [2.45, 2.75) is 58.9 Å². The Bertz CT molecular complexity index is 496. The van der Waals surface area contributed by atoms with Gasteiger partial charge in [-0.1, -0.05) is 6.92 Å². The molecule has 1 saturated carbocycles. The highest BCUT2D eigenvalue weighted by molar-refractivity contribution is 5.75. The summed E-state index contributed by atoms with van der Waals surface area (Å²) in [6.07, 6.45) is 8.75. The predicted octanol–water partition coefficient (Wildman–Crippen LogP) is 2.79. The van der Waals surface area contributed by atoms with Gasteiger partial charge in [0.05, 0.1) is 0 Å². The molecule has 21 heavy (non-hydrogen) atoms. The maximum atomic E-state index is 11.7. The third-order valence-corrected chi connectivity index (χ3v) is 5.02. The molecule has 0 atom stereocenters. The number of hydrogen-bond acceptors (Lipinski definition) is 2. The van der Waals surface area contributed by atoms with Crippen molar-refractivity contribution in [3.63, 3.8) is 0 Å². The molecule has 0 spiro atoms. The van der Waals surface area contributed by atoms with Gasteiger partial charge in [0.15, 0.2) is 0 Å². The molecule has 2 fully saturated rings. The van der Waals surface area contributed by atoms with Crippen molar-refractivity contribution in [3.8, 4) is 0 Å². The van der Waals surface area contributed by atoms with Crippen LogP contribution in [0.1, 0.15) is 50.5 Å². The average molecular weight is 289 g/mol. The number of carbonyl (C=O) groups excluding carboxylic acids is 1. The van der Waals surface area contributed by atoms with Crippen LogP contribution in [0.15, 0.2) is 6.20 Å². The SMILES string of the molecule is CCC(=O)N1CCC(Cc2ncc(C)n2CC2CC2)CC1. The van der Waals surface area contributed by atoms with E-state index in [9.17, 15) is 4.79 Å². The molecule has 1 saturated heterocycles. The van der Waals surface area contributed by atoms with Crippen molar-refractivity contribution in [1.29, 1.82) is 0 Å². The van der Waals surface area contributed by atoms with Gasteiger partial charge in [0.25, 0.3) is 0 Å². The summed E-state index contributed by atoms with van der Waals surface area (Å²) in [5.74, 6) is 3.14. The van der Waals surface area contributed by atoms with E-state index in [-0.39, 0.29) is 0 Å². The van der Waals surface area contributed by atoms with E-state index in [1.165, 1.54) is 24.4 Å². The predicted molar refractivity (Wildman–Crippen MR) is 83.0 cm³/mol. The minimum atomic E-state index is 0.305. The third kappa shape index (κ3) is 3.47. The second-order valence-corrected chi connectivity index (χ2v) is 6.75. The largest absolute Gasteiger partial charge is 0.343 e. The Hall–Kier alpha value is -1.32. The Morgan fingerprint density at radius 1 is 1.24 bits per heavy atom. The van der Waals surface area contributed by atoms with Gasteiger partial charge in [-0.05, 0) is 44.4 Å². The van der Waals surface area contributed by atoms with Crippen molar-refractivity contribution in [1.82, 2.24) is 14.5 Å². The highest BCUT2D eigenvalue weighted by Crippen LogP contribution is 2.32. The fraction of sp³-hybridized carbons (Fsp3) is 0.765. The summed E-state index contributed by atoms with van der Waals surface area (Å²) in [6, 6.07) is 0. The number of piperidine rings is 1. The number of likely N-dealkylation sites (tertiary alicyclic amines) is 1. The van der Waals surface area contributed by atoms with E-state index in [1.54, 1.807) is 0 Å². The zero-order valence-electron chi connectivity index (χ0n) is 13.3. The first-order valence-electron chi connectivity index (χ1n) is 8.46. The van der Waals surface area contributed by atoms with Gasteiger partial charge in [-0.3, -0.25) is 4.79 Å². The topological polar surface area (TPSA) is 38.1 Å². The summed E-state index contributed by atoms with van der Waals surface area (Å²) in [5.41, 5.74) is 1.30. The smallest absolute Gasteiger partial charge is 0.222 e. The third-order valence-electron chi connectivity index (χ3n) is 5.02. The number of carbonyl (C=O) groups is 1. The van der Waals surface area contributed by atoms with Crippen molar-refractivity contribution < 1.29 is 4.79 Å². The van der Waals surface area contributed by atoms with Crippen molar-refractivity contribution >= 4 is 5.91 Å². The maximum absolute atomic E-state index is 11.7. The molecule has 2 aliphatic rings. The van der Waals surface area contributed by atoms with Gasteiger partial charge in [-0.2, -0.15) is 0 Å². The molecular formula is C17H27N3O. The van der Waals surface area contributed by atoms with Crippen LogP contribution in [-0.4, -0.2) is 33.4 Å². The summed E-state index contributed by atoms with van der Waals surface area (Å²) in [4.78, 5) is 18.4. The van der Waals surface area contributed by atoms with E-state index in [2.05, 4.69) is 16.5 Å². The summed E-state index contributed by atoms with van der Waals surface area (Å²) in [6.45, 7) is 7.14. The highest BCUT2D eigenvalue weighted by Gasteiger charge is 2.26. The Kier molecular flexibility index (Phi) is 4.32. The molecule has 0 aromatic carbocycles. The number of nitrogens with zero attached hydrogens (tertiary/aromatic N) is 3. The second-order valence-electron chi connectivity index (χ2n) is 6.75. The van der Waals surface area contributed by atoms with E-state index in [0.29, 0.717) is 18.2 Å². The van der Waals surface area contributed by atoms with E-state index < -0.39 is 0 Å². The lowest BCUT2D eigenvalue weighted by molar-refractivity contribution is -0.132. The Morgan fingerprint density at radius 3 is 2.57 bits per heavy atom. The van der Waals surface area contributed by atoms with Crippen molar-refractivity contribution in [2.24, 2.45) is 11.8 Å². The quantitative estimate of drug-likeness (QED) is 0.836. The van der Waals surface area contributed by atoms with Gasteiger partial charge in [0.1, 0.15) is 5.82 Å². The lowest BCUT2D eigenvalue weighted by Crippen LogP contribution is -2.38. The molecule has 3 rings (SSSR count). The summed E-state index contributed by atoms with van der Waals surface area (Å²) in [7, 11) is 0. The standard InChI is InChI=1S/C17H27N3O/c1-3-17(21)19-8-6-14(7-9-19)10-16-18-11-13(2)20(16)12-15-4-5-15/h11,14-15H,3-10,12H2,1-2H3. The van der Waals surface area contributed by atoms with E-state index in [4.69, 9.17) is 0 Å². The lowest BCUT2D eigenvalue weighted by atomic mass is 9.93. The Balaban J connectivity index is 1.56. The second kappa shape index (κ2) is 6.20. The molecule has 2 heterocycles. The zero-order chi connectivity index (χ0) is 14.8. The monoisotopic (exact) mass is 289 g/mol. The van der Waals surface area contributed by atoms with E-state index in [0.717, 1.165) is 44.8 Å². The van der Waals surface area contributed by atoms with Gasteiger partial charge < -0.3 is 9.47 Å². The molecule has 1 aliphatic heterocycles. The summed E-state index contributed by atoms with van der Waals surface area (Å²) >= 11 is 0. The van der Waals surface area contributed by atoms with Crippen LogP contribution in [-0.2, 0) is 17.8 Å². The molecule has 4 nitrogen and oxygen atoms in total. The average Bonchev–Trinajstić information content (AvgIpc) is 3.27. The van der Waals surface area contributed by atoms with E-state index >= 15 is 0 Å². The van der Waals surface area contributed by atoms with Crippen LogP contribution in [0.25, 0.3) is 0 Å². The zero-order valence-corrected chi connectivity index (χ0v) is 13.3. The minimum Gasteiger partial charge on any atom is -0.343 e. The minimum absolute atomic E-state index is 0.305. The molecule has 4 heteroatoms. The number of imidazole rings is 1. The van der Waals surface area contributed by atoms with Crippen LogP contribution < -0.4 is 0 Å². The van der Waals surface area contributed by atoms with Crippen LogP contribution in [0.2, 0.25) is 0 Å². The molecule has 1 aromatic heterocycles. The number of amides is 1. The molecule has 0 N–H and O–H groups in total. The normalized spacial score (nSPS) is 20.0. The molecule has 0 radical (unpaired) electrons. The Morgan fingerprint density at radius 2 is 1.95 bits per heavy atom. The number of hydrogen-bond donors (Lipinski definition) is 0. The van der Waals surface area contributed by atoms with Crippen LogP contribution in [0.5, 0.6) is 0 Å². The van der Waals surface area contributed by atoms with Gasteiger partial charge in [-0.25, -0.2) is 4.98 Å². The molecule has 1 amide bonds. The van der Waals surface area contributed by atoms with Crippen LogP contribution in [0.4, 0.5) is 0 Å². The molecule has 1 aromatic rings. The molecule has 0 bridgehead atoms. The first-order valence-corrected chi connectivity index (χ1v) is 8.46. The van der Waals surface area contributed by atoms with Gasteiger partial charge >= 0.3 is 0 Å². The fourth-order valence-electron chi connectivity index (χ4n) is 3.35. The fourth-order valence-corrected chi connectivity index (χ4v) is 3.35. The van der Waals surface area contributed by atoms with Gasteiger partial charge in [0.2, 0.25) is 5.91 Å². The molecule has 0 unspecified atom stereocenters. The first kappa shape index (κ1) is 14.6. The van der Waals surface area contributed by atoms with Crippen molar-refractivity contribution in [2.75, 3.05) is 13.1 Å². The van der Waals surface area contributed by atoms with Crippen LogP contribution in [0.3, 0.4) is 0 Å².